The number of imidazole rings is 1. The Morgan fingerprint density at radius 2 is 1.73 bits per heavy atom. The van der Waals surface area contributed by atoms with Crippen LogP contribution in [0, 0.1) is 11.8 Å². The molecule has 1 unspecified atom stereocenters. The van der Waals surface area contributed by atoms with Crippen molar-refractivity contribution in [1.29, 1.82) is 0 Å². The zero-order valence-corrected chi connectivity index (χ0v) is 19.4. The summed E-state index contributed by atoms with van der Waals surface area (Å²) in [6.07, 6.45) is 9.30. The molecular weight excluding hydrogens is 408 g/mol. The lowest BCUT2D eigenvalue weighted by Gasteiger charge is -2.34. The van der Waals surface area contributed by atoms with E-state index in [1.807, 2.05) is 6.20 Å². The smallest absolute Gasteiger partial charge is 0.225 e. The van der Waals surface area contributed by atoms with Crippen LogP contribution in [0.1, 0.15) is 48.4 Å². The van der Waals surface area contributed by atoms with Crippen LogP contribution in [0.3, 0.4) is 0 Å². The van der Waals surface area contributed by atoms with E-state index in [-0.39, 0.29) is 11.8 Å². The first kappa shape index (κ1) is 23.2. The van der Waals surface area contributed by atoms with Gasteiger partial charge in [0.1, 0.15) is 0 Å². The Morgan fingerprint density at radius 1 is 1.03 bits per heavy atom. The Balaban J connectivity index is 1.53. The van der Waals surface area contributed by atoms with Crippen molar-refractivity contribution in [1.82, 2.24) is 14.9 Å². The topological polar surface area (TPSA) is 75.0 Å². The fourth-order valence-corrected chi connectivity index (χ4v) is 5.05. The summed E-state index contributed by atoms with van der Waals surface area (Å²) in [4.78, 5) is 23.2. The van der Waals surface area contributed by atoms with Gasteiger partial charge in [-0.1, -0.05) is 60.7 Å². The highest BCUT2D eigenvalue weighted by molar-refractivity contribution is 5.79. The van der Waals surface area contributed by atoms with E-state index in [2.05, 4.69) is 75.5 Å². The van der Waals surface area contributed by atoms with Gasteiger partial charge in [-0.15, -0.1) is 0 Å². The van der Waals surface area contributed by atoms with E-state index in [0.717, 1.165) is 57.3 Å². The molecule has 1 atom stereocenters. The van der Waals surface area contributed by atoms with Gasteiger partial charge in [-0.3, -0.25) is 4.79 Å². The molecule has 1 aliphatic rings. The summed E-state index contributed by atoms with van der Waals surface area (Å²) in [7, 11) is 0. The number of H-pyrrole nitrogens is 1. The Bertz CT molecular complexity index is 950. The maximum absolute atomic E-state index is 13.7. The first-order valence-corrected chi connectivity index (χ1v) is 12.3. The summed E-state index contributed by atoms with van der Waals surface area (Å²) in [5.41, 5.74) is 9.54. The maximum atomic E-state index is 13.7. The molecule has 4 rings (SSSR count). The van der Waals surface area contributed by atoms with Gasteiger partial charge < -0.3 is 15.6 Å². The van der Waals surface area contributed by atoms with Crippen molar-refractivity contribution >= 4 is 5.91 Å². The second-order valence-corrected chi connectivity index (χ2v) is 9.36. The van der Waals surface area contributed by atoms with Gasteiger partial charge in [0.15, 0.2) is 0 Å². The van der Waals surface area contributed by atoms with Crippen LogP contribution < -0.4 is 5.73 Å². The van der Waals surface area contributed by atoms with Crippen molar-refractivity contribution in [3.05, 3.63) is 90.0 Å². The van der Waals surface area contributed by atoms with Crippen LogP contribution in [0.5, 0.6) is 0 Å². The first-order valence-electron chi connectivity index (χ1n) is 12.3. The van der Waals surface area contributed by atoms with E-state index in [0.29, 0.717) is 18.4 Å². The first-order chi connectivity index (χ1) is 16.2. The standard InChI is InChI=1S/C28H36N4O/c29-18-23-11-13-25(14-12-23)28(33)32(16-15-27-19-30-21-31-27)20-26(24-9-5-2-6-10-24)17-22-7-3-1-4-8-22/h1-10,19,21,23,25-26H,11-18,20,29H2,(H,30,31). The Hall–Kier alpha value is -2.92. The summed E-state index contributed by atoms with van der Waals surface area (Å²) >= 11 is 0. The van der Waals surface area contributed by atoms with Crippen molar-refractivity contribution in [2.24, 2.45) is 17.6 Å². The van der Waals surface area contributed by atoms with Gasteiger partial charge >= 0.3 is 0 Å². The highest BCUT2D eigenvalue weighted by Crippen LogP contribution is 2.31. The van der Waals surface area contributed by atoms with E-state index in [1.165, 1.54) is 11.1 Å². The molecule has 1 aliphatic carbocycles. The molecule has 1 heterocycles. The third-order valence-electron chi connectivity index (χ3n) is 7.08. The predicted molar refractivity (Wildman–Crippen MR) is 133 cm³/mol. The monoisotopic (exact) mass is 444 g/mol. The van der Waals surface area contributed by atoms with Gasteiger partial charge in [0.2, 0.25) is 5.91 Å². The molecule has 5 nitrogen and oxygen atoms in total. The molecule has 33 heavy (non-hydrogen) atoms. The van der Waals surface area contributed by atoms with E-state index < -0.39 is 0 Å². The molecule has 0 radical (unpaired) electrons. The second kappa shape index (κ2) is 11.8. The third-order valence-corrected chi connectivity index (χ3v) is 7.08. The number of aromatic nitrogens is 2. The van der Waals surface area contributed by atoms with Crippen LogP contribution in [-0.2, 0) is 17.6 Å². The highest BCUT2D eigenvalue weighted by Gasteiger charge is 2.30. The molecule has 1 saturated carbocycles. The number of carbonyl (C=O) groups excluding carboxylic acids is 1. The van der Waals surface area contributed by atoms with E-state index >= 15 is 0 Å². The third kappa shape index (κ3) is 6.55. The minimum absolute atomic E-state index is 0.114. The van der Waals surface area contributed by atoms with Gasteiger partial charge in [0.05, 0.1) is 6.33 Å². The van der Waals surface area contributed by atoms with Crippen LogP contribution in [0.25, 0.3) is 0 Å². The normalized spacial score (nSPS) is 19.2. The number of nitrogens with zero attached hydrogens (tertiary/aromatic N) is 2. The van der Waals surface area contributed by atoms with Crippen LogP contribution in [0.4, 0.5) is 0 Å². The molecule has 1 amide bonds. The second-order valence-electron chi connectivity index (χ2n) is 9.36. The van der Waals surface area contributed by atoms with Crippen molar-refractivity contribution in [3.8, 4) is 0 Å². The molecule has 0 spiro atoms. The van der Waals surface area contributed by atoms with E-state index in [4.69, 9.17) is 5.73 Å². The number of amides is 1. The van der Waals surface area contributed by atoms with Crippen molar-refractivity contribution < 1.29 is 4.79 Å². The van der Waals surface area contributed by atoms with Gasteiger partial charge in [-0.05, 0) is 55.7 Å². The highest BCUT2D eigenvalue weighted by atomic mass is 16.2. The summed E-state index contributed by atoms with van der Waals surface area (Å²) in [5.74, 6) is 1.24. The molecular formula is C28H36N4O. The Morgan fingerprint density at radius 3 is 2.36 bits per heavy atom. The fraction of sp³-hybridized carbons (Fsp3) is 0.429. The molecule has 3 N–H and O–H groups in total. The average molecular weight is 445 g/mol. The molecule has 3 aromatic rings. The molecule has 1 fully saturated rings. The summed E-state index contributed by atoms with van der Waals surface area (Å²) in [5, 5.41) is 0. The molecule has 0 saturated heterocycles. The maximum Gasteiger partial charge on any atom is 0.225 e. The molecule has 5 heteroatoms. The van der Waals surface area contributed by atoms with Crippen LogP contribution in [0.2, 0.25) is 0 Å². The van der Waals surface area contributed by atoms with Gasteiger partial charge in [-0.25, -0.2) is 4.98 Å². The number of nitrogens with two attached hydrogens (primary N) is 1. The SMILES string of the molecule is NCC1CCC(C(=O)N(CCc2cnc[nH]2)CC(Cc2ccccc2)c2ccccc2)CC1. The predicted octanol–water partition coefficient (Wildman–Crippen LogP) is 4.57. The van der Waals surface area contributed by atoms with Gasteiger partial charge in [-0.2, -0.15) is 0 Å². The zero-order chi connectivity index (χ0) is 22.9. The van der Waals surface area contributed by atoms with E-state index in [1.54, 1.807) is 6.33 Å². The van der Waals surface area contributed by atoms with Crippen LogP contribution in [-0.4, -0.2) is 40.4 Å². The van der Waals surface area contributed by atoms with Gasteiger partial charge in [0.25, 0.3) is 0 Å². The van der Waals surface area contributed by atoms with Gasteiger partial charge in [0, 0.05) is 43.2 Å². The zero-order valence-electron chi connectivity index (χ0n) is 19.4. The Labute approximate surface area is 197 Å². The summed E-state index contributed by atoms with van der Waals surface area (Å²) in [6.45, 7) is 2.16. The molecule has 0 aliphatic heterocycles. The number of rotatable bonds is 10. The number of carbonyl (C=O) groups is 1. The quantitative estimate of drug-likeness (QED) is 0.481. The lowest BCUT2D eigenvalue weighted by Crippen LogP contribution is -2.42. The molecule has 2 aromatic carbocycles. The Kier molecular flexibility index (Phi) is 8.31. The molecule has 174 valence electrons. The van der Waals surface area contributed by atoms with Crippen molar-refractivity contribution in [3.63, 3.8) is 0 Å². The number of nitrogens with one attached hydrogen (secondary N) is 1. The molecule has 1 aromatic heterocycles. The molecule has 0 bridgehead atoms. The van der Waals surface area contributed by atoms with Crippen LogP contribution >= 0.6 is 0 Å². The fourth-order valence-electron chi connectivity index (χ4n) is 5.05. The number of hydrogen-bond donors (Lipinski definition) is 2. The summed E-state index contributed by atoms with van der Waals surface area (Å²) in [6, 6.07) is 21.2. The average Bonchev–Trinajstić information content (AvgIpc) is 3.40. The van der Waals surface area contributed by atoms with Crippen LogP contribution in [0.15, 0.2) is 73.2 Å². The lowest BCUT2D eigenvalue weighted by molar-refractivity contribution is -0.137. The largest absolute Gasteiger partial charge is 0.348 e. The minimum atomic E-state index is 0.114. The summed E-state index contributed by atoms with van der Waals surface area (Å²) < 4.78 is 0. The van der Waals surface area contributed by atoms with Crippen molar-refractivity contribution in [2.45, 2.75) is 44.4 Å². The van der Waals surface area contributed by atoms with Crippen molar-refractivity contribution in [2.75, 3.05) is 19.6 Å². The van der Waals surface area contributed by atoms with E-state index in [9.17, 15) is 4.79 Å². The lowest BCUT2D eigenvalue weighted by atomic mass is 9.81. The number of aromatic amines is 1. The number of benzene rings is 2. The number of hydrogen-bond acceptors (Lipinski definition) is 3. The minimum Gasteiger partial charge on any atom is -0.348 e.